The van der Waals surface area contributed by atoms with Crippen LogP contribution >= 0.6 is 0 Å². The Labute approximate surface area is 131 Å². The van der Waals surface area contributed by atoms with E-state index < -0.39 is 0 Å². The van der Waals surface area contributed by atoms with Gasteiger partial charge in [-0.15, -0.1) is 0 Å². The molecule has 22 heavy (non-hydrogen) atoms. The summed E-state index contributed by atoms with van der Waals surface area (Å²) in [6.45, 7) is 0. The summed E-state index contributed by atoms with van der Waals surface area (Å²) in [7, 11) is 0. The quantitative estimate of drug-likeness (QED) is 0.386. The third-order valence-electron chi connectivity index (χ3n) is 3.93. The fourth-order valence-electron chi connectivity index (χ4n) is 2.74. The topological polar surface area (TPSA) is 0 Å². The number of hydrogen-bond acceptors (Lipinski definition) is 0. The lowest BCUT2D eigenvalue weighted by Gasteiger charge is -2.01. The number of fused-ring (bicyclic) bond motifs is 2. The van der Waals surface area contributed by atoms with Crippen LogP contribution in [0.2, 0.25) is 0 Å². The highest BCUT2D eigenvalue weighted by atomic mass is 14.0. The van der Waals surface area contributed by atoms with E-state index >= 15 is 0 Å². The van der Waals surface area contributed by atoms with Crippen molar-refractivity contribution in [2.75, 3.05) is 0 Å². The standard InChI is InChI=1S/C22H16/c1-3-7-21-15-17(11-13-19(21)5-1)9-10-18-12-14-20-6-2-4-8-22(20)16-18/h1-16H/b10-9-/i7T. The SMILES string of the molecule is [3H]c1cccc2ccc(/C=C\c3ccc4ccccc4c3)cc12. The first kappa shape index (κ1) is 11.8. The van der Waals surface area contributed by atoms with Gasteiger partial charge in [0.25, 0.3) is 0 Å². The van der Waals surface area contributed by atoms with Gasteiger partial charge in [0, 0.05) is 0 Å². The Balaban J connectivity index is 1.70. The van der Waals surface area contributed by atoms with E-state index in [0.717, 1.165) is 16.3 Å². The molecule has 0 atom stereocenters. The average Bonchev–Trinajstić information content (AvgIpc) is 2.60. The first-order valence-corrected chi connectivity index (χ1v) is 7.46. The first-order valence-electron chi connectivity index (χ1n) is 7.96. The predicted octanol–water partition coefficient (Wildman–Crippen LogP) is 6.16. The molecule has 0 bridgehead atoms. The maximum Gasteiger partial charge on any atom is 0.0629 e. The van der Waals surface area contributed by atoms with Gasteiger partial charge in [-0.3, -0.25) is 0 Å². The molecule has 4 aromatic carbocycles. The Hall–Kier alpha value is -2.86. The second-order valence-electron chi connectivity index (χ2n) is 5.46. The smallest absolute Gasteiger partial charge is 0.0616 e. The Morgan fingerprint density at radius 3 is 1.82 bits per heavy atom. The van der Waals surface area contributed by atoms with Crippen LogP contribution in [-0.4, -0.2) is 0 Å². The molecule has 4 aromatic rings. The molecule has 0 fully saturated rings. The van der Waals surface area contributed by atoms with E-state index in [1.54, 1.807) is 0 Å². The zero-order valence-corrected chi connectivity index (χ0v) is 12.2. The zero-order chi connectivity index (χ0) is 15.6. The monoisotopic (exact) mass is 282 g/mol. The van der Waals surface area contributed by atoms with Crippen molar-refractivity contribution >= 4 is 33.7 Å². The Bertz CT molecular complexity index is 1030. The van der Waals surface area contributed by atoms with Crippen LogP contribution in [0.3, 0.4) is 0 Å². The van der Waals surface area contributed by atoms with Gasteiger partial charge >= 0.3 is 0 Å². The molecule has 0 nitrogen and oxygen atoms in total. The van der Waals surface area contributed by atoms with Gasteiger partial charge in [-0.25, -0.2) is 0 Å². The molecule has 0 N–H and O–H groups in total. The van der Waals surface area contributed by atoms with Crippen LogP contribution in [0.4, 0.5) is 0 Å². The van der Waals surface area contributed by atoms with E-state index in [2.05, 4.69) is 72.8 Å². The molecule has 4 rings (SSSR count). The molecule has 0 heterocycles. The van der Waals surface area contributed by atoms with Crippen LogP contribution in [0.5, 0.6) is 0 Å². The van der Waals surface area contributed by atoms with Gasteiger partial charge in [0.1, 0.15) is 0 Å². The minimum absolute atomic E-state index is 0.573. The van der Waals surface area contributed by atoms with Gasteiger partial charge in [0.05, 0.1) is 1.37 Å². The van der Waals surface area contributed by atoms with Crippen molar-refractivity contribution in [1.29, 1.82) is 0 Å². The molecular formula is C22H16. The number of rotatable bonds is 2. The van der Waals surface area contributed by atoms with E-state index in [9.17, 15) is 0 Å². The molecule has 0 spiro atoms. The van der Waals surface area contributed by atoms with Crippen molar-refractivity contribution in [2.45, 2.75) is 0 Å². The Morgan fingerprint density at radius 1 is 0.545 bits per heavy atom. The first-order chi connectivity index (χ1) is 11.3. The van der Waals surface area contributed by atoms with Crippen LogP contribution in [0.1, 0.15) is 12.5 Å². The largest absolute Gasteiger partial charge is 0.0629 e. The van der Waals surface area contributed by atoms with Crippen LogP contribution in [0.25, 0.3) is 33.7 Å². The van der Waals surface area contributed by atoms with E-state index in [0.29, 0.717) is 6.04 Å². The van der Waals surface area contributed by atoms with Gasteiger partial charge in [0.15, 0.2) is 0 Å². The molecule has 0 unspecified atom stereocenters. The highest BCUT2D eigenvalue weighted by Gasteiger charge is 1.95. The van der Waals surface area contributed by atoms with Crippen molar-refractivity contribution in [1.82, 2.24) is 0 Å². The van der Waals surface area contributed by atoms with Crippen molar-refractivity contribution in [3.8, 4) is 0 Å². The second kappa shape index (κ2) is 5.50. The molecule has 0 aliphatic carbocycles. The summed E-state index contributed by atoms with van der Waals surface area (Å²) in [4.78, 5) is 0. The van der Waals surface area contributed by atoms with E-state index in [4.69, 9.17) is 1.37 Å². The normalized spacial score (nSPS) is 12.1. The van der Waals surface area contributed by atoms with Crippen molar-refractivity contribution < 1.29 is 1.37 Å². The third kappa shape index (κ3) is 2.51. The van der Waals surface area contributed by atoms with Gasteiger partial charge in [-0.05, 0) is 44.8 Å². The Morgan fingerprint density at radius 2 is 1.09 bits per heavy atom. The molecule has 104 valence electrons. The summed E-state index contributed by atoms with van der Waals surface area (Å²) in [6.07, 6.45) is 4.23. The van der Waals surface area contributed by atoms with Crippen molar-refractivity contribution in [3.63, 3.8) is 0 Å². The molecule has 0 radical (unpaired) electrons. The molecule has 0 heteroatoms. The van der Waals surface area contributed by atoms with Crippen LogP contribution in [0, 0.1) is 0 Å². The highest BCUT2D eigenvalue weighted by Crippen LogP contribution is 2.19. The molecular weight excluding hydrogens is 264 g/mol. The summed E-state index contributed by atoms with van der Waals surface area (Å²) < 4.78 is 8.02. The molecule has 0 saturated carbocycles. The molecule has 0 saturated heterocycles. The summed E-state index contributed by atoms with van der Waals surface area (Å²) in [5.74, 6) is 0. The second-order valence-corrected chi connectivity index (χ2v) is 5.46. The van der Waals surface area contributed by atoms with Crippen molar-refractivity contribution in [2.24, 2.45) is 0 Å². The van der Waals surface area contributed by atoms with Crippen molar-refractivity contribution in [3.05, 3.63) is 96.0 Å². The van der Waals surface area contributed by atoms with Crippen LogP contribution in [-0.2, 0) is 0 Å². The fraction of sp³-hybridized carbons (Fsp3) is 0. The maximum atomic E-state index is 8.02. The van der Waals surface area contributed by atoms with Gasteiger partial charge < -0.3 is 0 Å². The third-order valence-corrected chi connectivity index (χ3v) is 3.93. The minimum Gasteiger partial charge on any atom is -0.0616 e. The minimum atomic E-state index is 0.573. The van der Waals surface area contributed by atoms with Gasteiger partial charge in [0.2, 0.25) is 0 Å². The summed E-state index contributed by atoms with van der Waals surface area (Å²) in [5.41, 5.74) is 2.30. The number of hydrogen-bond donors (Lipinski definition) is 0. The molecule has 0 amide bonds. The van der Waals surface area contributed by atoms with E-state index in [-0.39, 0.29) is 0 Å². The lowest BCUT2D eigenvalue weighted by atomic mass is 10.0. The summed E-state index contributed by atoms with van der Waals surface area (Å²) >= 11 is 0. The van der Waals surface area contributed by atoms with Crippen LogP contribution < -0.4 is 0 Å². The summed E-state index contributed by atoms with van der Waals surface area (Å²) in [6, 6.07) is 27.5. The maximum absolute atomic E-state index is 8.02. The van der Waals surface area contributed by atoms with Gasteiger partial charge in [-0.2, -0.15) is 0 Å². The average molecular weight is 282 g/mol. The zero-order valence-electron chi connectivity index (χ0n) is 13.2. The lowest BCUT2D eigenvalue weighted by Crippen LogP contribution is -1.77. The summed E-state index contributed by atoms with van der Waals surface area (Å²) in [5, 5.41) is 4.62. The molecule has 0 aliphatic rings. The molecule has 0 aromatic heterocycles. The molecule has 0 aliphatic heterocycles. The fourth-order valence-corrected chi connectivity index (χ4v) is 2.74. The van der Waals surface area contributed by atoms with E-state index in [1.165, 1.54) is 16.3 Å². The predicted molar refractivity (Wildman–Crippen MR) is 96.8 cm³/mol. The van der Waals surface area contributed by atoms with E-state index in [1.807, 2.05) is 18.2 Å². The highest BCUT2D eigenvalue weighted by molar-refractivity contribution is 5.88. The number of benzene rings is 4. The Kier molecular flexibility index (Phi) is 2.94. The van der Waals surface area contributed by atoms with Crippen LogP contribution in [0.15, 0.2) is 84.9 Å². The lowest BCUT2D eigenvalue weighted by molar-refractivity contribution is 1.69. The van der Waals surface area contributed by atoms with Gasteiger partial charge in [-0.1, -0.05) is 84.9 Å².